The zero-order chi connectivity index (χ0) is 18.3. The molecule has 2 amide bonds. The van der Waals surface area contributed by atoms with Gasteiger partial charge in [-0.05, 0) is 20.8 Å². The van der Waals surface area contributed by atoms with Crippen LogP contribution in [0.25, 0.3) is 0 Å². The Morgan fingerprint density at radius 1 is 1.33 bits per heavy atom. The maximum Gasteiger partial charge on any atom is 0.272 e. The molecule has 1 atom stereocenters. The summed E-state index contributed by atoms with van der Waals surface area (Å²) in [5.74, 6) is -0.144. The van der Waals surface area contributed by atoms with Crippen LogP contribution in [0.5, 0.6) is 5.88 Å². The largest absolute Gasteiger partial charge is 0.475 e. The third kappa shape index (κ3) is 5.26. The van der Waals surface area contributed by atoms with Crippen molar-refractivity contribution < 1.29 is 14.3 Å². The second kappa shape index (κ2) is 8.90. The molecule has 1 unspecified atom stereocenters. The average Bonchev–Trinajstić information content (AvgIpc) is 2.86. The first-order valence-corrected chi connectivity index (χ1v) is 7.82. The third-order valence-corrected chi connectivity index (χ3v) is 3.15. The van der Waals surface area contributed by atoms with Crippen molar-refractivity contribution in [2.75, 3.05) is 13.1 Å². The number of hydrogen-bond acceptors (Lipinski definition) is 4. The van der Waals surface area contributed by atoms with E-state index in [1.165, 1.54) is 4.68 Å². The Labute approximate surface area is 143 Å². The van der Waals surface area contributed by atoms with Gasteiger partial charge in [-0.1, -0.05) is 12.2 Å². The molecule has 7 nitrogen and oxygen atoms in total. The van der Waals surface area contributed by atoms with E-state index in [4.69, 9.17) is 4.74 Å². The Kier molecular flexibility index (Phi) is 7.23. The average molecular weight is 334 g/mol. The van der Waals surface area contributed by atoms with Gasteiger partial charge in [-0.15, -0.1) is 13.2 Å². The summed E-state index contributed by atoms with van der Waals surface area (Å²) in [6.45, 7) is 13.4. The number of nitrogens with zero attached hydrogens (tertiary/aromatic N) is 3. The van der Waals surface area contributed by atoms with Crippen molar-refractivity contribution in [1.29, 1.82) is 0 Å². The Hall–Kier alpha value is -2.57. The molecule has 0 aliphatic heterocycles. The Bertz CT molecular complexity index is 597. The molecule has 132 valence electrons. The minimum atomic E-state index is -0.686. The van der Waals surface area contributed by atoms with Crippen LogP contribution in [0.3, 0.4) is 0 Å². The highest BCUT2D eigenvalue weighted by molar-refractivity contribution is 5.96. The predicted molar refractivity (Wildman–Crippen MR) is 92.9 cm³/mol. The number of amides is 2. The Balaban J connectivity index is 2.77. The number of hydrogen-bond donors (Lipinski definition) is 1. The minimum Gasteiger partial charge on any atom is -0.475 e. The maximum atomic E-state index is 12.4. The standard InChI is InChI=1S/C17H26N4O3/c1-7-9-21(10-8-2)17(23)13(5)18-16(22)14-11-15(20(6)19-14)24-12(3)4/h7-8,11-13H,1-2,9-10H2,3-6H3,(H,18,22). The second-order valence-corrected chi connectivity index (χ2v) is 5.67. The summed E-state index contributed by atoms with van der Waals surface area (Å²) >= 11 is 0. The van der Waals surface area contributed by atoms with Crippen LogP contribution >= 0.6 is 0 Å². The highest BCUT2D eigenvalue weighted by Gasteiger charge is 2.23. The van der Waals surface area contributed by atoms with E-state index in [-0.39, 0.29) is 17.7 Å². The fourth-order valence-electron chi connectivity index (χ4n) is 2.09. The first-order valence-electron chi connectivity index (χ1n) is 7.82. The molecule has 0 aliphatic rings. The molecule has 0 radical (unpaired) electrons. The van der Waals surface area contributed by atoms with Crippen LogP contribution in [0.15, 0.2) is 31.4 Å². The van der Waals surface area contributed by atoms with Gasteiger partial charge in [-0.25, -0.2) is 4.68 Å². The molecule has 0 spiro atoms. The first kappa shape index (κ1) is 19.5. The summed E-state index contributed by atoms with van der Waals surface area (Å²) in [4.78, 5) is 26.2. The third-order valence-electron chi connectivity index (χ3n) is 3.15. The van der Waals surface area contributed by atoms with Gasteiger partial charge in [-0.3, -0.25) is 9.59 Å². The van der Waals surface area contributed by atoms with E-state index < -0.39 is 11.9 Å². The molecule has 1 aromatic heterocycles. The van der Waals surface area contributed by atoms with Gasteiger partial charge in [-0.2, -0.15) is 5.10 Å². The Morgan fingerprint density at radius 3 is 2.42 bits per heavy atom. The smallest absolute Gasteiger partial charge is 0.272 e. The zero-order valence-electron chi connectivity index (χ0n) is 14.8. The summed E-state index contributed by atoms with van der Waals surface area (Å²) in [5, 5.41) is 6.77. The molecule has 0 fully saturated rings. The topological polar surface area (TPSA) is 76.5 Å². The summed E-state index contributed by atoms with van der Waals surface area (Å²) < 4.78 is 7.04. The number of carbonyl (C=O) groups excluding carboxylic acids is 2. The zero-order valence-corrected chi connectivity index (χ0v) is 14.8. The molecule has 0 aliphatic carbocycles. The van der Waals surface area contributed by atoms with E-state index >= 15 is 0 Å². The van der Waals surface area contributed by atoms with Gasteiger partial charge in [0, 0.05) is 26.2 Å². The van der Waals surface area contributed by atoms with E-state index in [2.05, 4.69) is 23.6 Å². The molecular weight excluding hydrogens is 308 g/mol. The van der Waals surface area contributed by atoms with E-state index in [0.717, 1.165) is 0 Å². The highest BCUT2D eigenvalue weighted by Crippen LogP contribution is 2.14. The molecule has 0 saturated carbocycles. The van der Waals surface area contributed by atoms with Crippen LogP contribution in [0, 0.1) is 0 Å². The molecule has 1 rings (SSSR count). The van der Waals surface area contributed by atoms with Gasteiger partial charge < -0.3 is 15.0 Å². The van der Waals surface area contributed by atoms with Crippen molar-refractivity contribution in [1.82, 2.24) is 20.0 Å². The number of carbonyl (C=O) groups is 2. The van der Waals surface area contributed by atoms with Crippen LogP contribution < -0.4 is 10.1 Å². The summed E-state index contributed by atoms with van der Waals surface area (Å²) in [6, 6.07) is 0.867. The van der Waals surface area contributed by atoms with Gasteiger partial charge in [0.15, 0.2) is 5.69 Å². The normalized spacial score (nSPS) is 11.7. The van der Waals surface area contributed by atoms with Crippen LogP contribution in [0.4, 0.5) is 0 Å². The van der Waals surface area contributed by atoms with Crippen LogP contribution in [-0.2, 0) is 11.8 Å². The van der Waals surface area contributed by atoms with Crippen LogP contribution in [0.1, 0.15) is 31.3 Å². The lowest BCUT2D eigenvalue weighted by Gasteiger charge is -2.23. The molecule has 1 N–H and O–H groups in total. The van der Waals surface area contributed by atoms with Crippen molar-refractivity contribution in [2.24, 2.45) is 7.05 Å². The van der Waals surface area contributed by atoms with E-state index in [0.29, 0.717) is 19.0 Å². The first-order chi connectivity index (χ1) is 11.3. The van der Waals surface area contributed by atoms with Crippen molar-refractivity contribution in [3.8, 4) is 5.88 Å². The van der Waals surface area contributed by atoms with Gasteiger partial charge in [0.2, 0.25) is 11.8 Å². The monoisotopic (exact) mass is 334 g/mol. The fraction of sp³-hybridized carbons (Fsp3) is 0.471. The van der Waals surface area contributed by atoms with E-state index in [1.54, 1.807) is 37.1 Å². The van der Waals surface area contributed by atoms with Crippen LogP contribution in [0.2, 0.25) is 0 Å². The number of aryl methyl sites for hydroxylation is 1. The molecule has 0 saturated heterocycles. The predicted octanol–water partition coefficient (Wildman–Crippen LogP) is 1.53. The van der Waals surface area contributed by atoms with Gasteiger partial charge in [0.05, 0.1) is 6.10 Å². The molecule has 1 aromatic rings. The second-order valence-electron chi connectivity index (χ2n) is 5.67. The lowest BCUT2D eigenvalue weighted by atomic mass is 10.2. The highest BCUT2D eigenvalue weighted by atomic mass is 16.5. The van der Waals surface area contributed by atoms with Crippen molar-refractivity contribution in [3.63, 3.8) is 0 Å². The lowest BCUT2D eigenvalue weighted by Crippen LogP contribution is -2.47. The minimum absolute atomic E-state index is 0.0248. The van der Waals surface area contributed by atoms with Crippen molar-refractivity contribution >= 4 is 11.8 Å². The fourth-order valence-corrected chi connectivity index (χ4v) is 2.09. The van der Waals surface area contributed by atoms with Crippen molar-refractivity contribution in [3.05, 3.63) is 37.1 Å². The lowest BCUT2D eigenvalue weighted by molar-refractivity contribution is -0.131. The van der Waals surface area contributed by atoms with Crippen molar-refractivity contribution in [2.45, 2.75) is 32.9 Å². The van der Waals surface area contributed by atoms with Gasteiger partial charge in [0.1, 0.15) is 6.04 Å². The summed E-state index contributed by atoms with van der Waals surface area (Å²) in [7, 11) is 1.69. The Morgan fingerprint density at radius 2 is 1.92 bits per heavy atom. The molecule has 24 heavy (non-hydrogen) atoms. The molecule has 7 heteroatoms. The number of nitrogens with one attached hydrogen (secondary N) is 1. The van der Waals surface area contributed by atoms with E-state index in [9.17, 15) is 9.59 Å². The van der Waals surface area contributed by atoms with Gasteiger partial charge in [0.25, 0.3) is 5.91 Å². The molecule has 0 bridgehead atoms. The molecular formula is C17H26N4O3. The number of ether oxygens (including phenoxy) is 1. The SMILES string of the molecule is C=CCN(CC=C)C(=O)C(C)NC(=O)c1cc(OC(C)C)n(C)n1. The number of rotatable bonds is 9. The van der Waals surface area contributed by atoms with Crippen LogP contribution in [-0.4, -0.2) is 51.7 Å². The summed E-state index contributed by atoms with van der Waals surface area (Å²) in [5.41, 5.74) is 0.201. The number of aromatic nitrogens is 2. The quantitative estimate of drug-likeness (QED) is 0.695. The summed E-state index contributed by atoms with van der Waals surface area (Å²) in [6.07, 6.45) is 3.23. The molecule has 0 aromatic carbocycles. The van der Waals surface area contributed by atoms with E-state index in [1.807, 2.05) is 13.8 Å². The maximum absolute atomic E-state index is 12.4. The van der Waals surface area contributed by atoms with Gasteiger partial charge >= 0.3 is 0 Å². The molecule has 1 heterocycles.